The van der Waals surface area contributed by atoms with E-state index in [0.717, 1.165) is 32.5 Å². The van der Waals surface area contributed by atoms with Crippen LogP contribution in [0.1, 0.15) is 5.56 Å². The Bertz CT molecular complexity index is 1380. The number of rotatable bonds is 2. The predicted octanol–water partition coefficient (Wildman–Crippen LogP) is 5.96. The lowest BCUT2D eigenvalue weighted by atomic mass is 10.1. The lowest BCUT2D eigenvalue weighted by Gasteiger charge is -2.05. The van der Waals surface area contributed by atoms with Crippen molar-refractivity contribution in [3.63, 3.8) is 0 Å². The third-order valence-electron chi connectivity index (χ3n) is 4.61. The van der Waals surface area contributed by atoms with Crippen LogP contribution in [0.3, 0.4) is 0 Å². The van der Waals surface area contributed by atoms with Crippen LogP contribution in [0.15, 0.2) is 82.2 Å². The second-order valence-corrected chi connectivity index (χ2v) is 7.58. The SMILES string of the molecule is Cc1cccc2sc(N=c3cc(-c4ccccc4)oc4ccc(O)cc34)nc12. The van der Waals surface area contributed by atoms with E-state index < -0.39 is 0 Å². The van der Waals surface area contributed by atoms with Crippen molar-refractivity contribution in [2.24, 2.45) is 4.99 Å². The fraction of sp³-hybridized carbons (Fsp3) is 0.0435. The summed E-state index contributed by atoms with van der Waals surface area (Å²) in [6, 6.07) is 23.0. The largest absolute Gasteiger partial charge is 0.508 e. The highest BCUT2D eigenvalue weighted by molar-refractivity contribution is 7.21. The summed E-state index contributed by atoms with van der Waals surface area (Å²) >= 11 is 1.55. The minimum absolute atomic E-state index is 0.173. The van der Waals surface area contributed by atoms with Gasteiger partial charge in [-0.05, 0) is 36.8 Å². The fourth-order valence-electron chi connectivity index (χ4n) is 3.22. The summed E-state index contributed by atoms with van der Waals surface area (Å²) in [7, 11) is 0. The molecule has 0 saturated carbocycles. The molecule has 0 aliphatic rings. The molecule has 0 amide bonds. The van der Waals surface area contributed by atoms with Crippen molar-refractivity contribution in [1.82, 2.24) is 4.98 Å². The zero-order chi connectivity index (χ0) is 19.1. The zero-order valence-electron chi connectivity index (χ0n) is 15.1. The van der Waals surface area contributed by atoms with E-state index in [2.05, 4.69) is 6.07 Å². The van der Waals surface area contributed by atoms with E-state index >= 15 is 0 Å². The number of nitrogens with zero attached hydrogens (tertiary/aromatic N) is 2. The molecule has 0 aliphatic heterocycles. The number of hydrogen-bond donors (Lipinski definition) is 1. The van der Waals surface area contributed by atoms with E-state index in [4.69, 9.17) is 14.4 Å². The Morgan fingerprint density at radius 1 is 0.964 bits per heavy atom. The van der Waals surface area contributed by atoms with E-state index in [1.54, 1.807) is 29.5 Å². The summed E-state index contributed by atoms with van der Waals surface area (Å²) in [4.78, 5) is 9.51. The van der Waals surface area contributed by atoms with Gasteiger partial charge in [-0.1, -0.05) is 53.8 Å². The molecule has 5 aromatic rings. The summed E-state index contributed by atoms with van der Waals surface area (Å²) in [5.74, 6) is 0.890. The van der Waals surface area contributed by atoms with Crippen LogP contribution in [0.4, 0.5) is 5.13 Å². The minimum Gasteiger partial charge on any atom is -0.508 e. The van der Waals surface area contributed by atoms with Gasteiger partial charge in [0.05, 0.1) is 15.6 Å². The van der Waals surface area contributed by atoms with Crippen LogP contribution >= 0.6 is 11.3 Å². The van der Waals surface area contributed by atoms with Crippen molar-refractivity contribution in [3.05, 3.63) is 83.7 Å². The number of fused-ring (bicyclic) bond motifs is 2. The van der Waals surface area contributed by atoms with Gasteiger partial charge in [0.1, 0.15) is 17.1 Å². The van der Waals surface area contributed by atoms with Gasteiger partial charge in [0, 0.05) is 17.0 Å². The highest BCUT2D eigenvalue weighted by Gasteiger charge is 2.09. The smallest absolute Gasteiger partial charge is 0.210 e. The van der Waals surface area contributed by atoms with Gasteiger partial charge in [-0.25, -0.2) is 9.98 Å². The van der Waals surface area contributed by atoms with Crippen molar-refractivity contribution in [2.75, 3.05) is 0 Å². The number of aromatic hydroxyl groups is 1. The van der Waals surface area contributed by atoms with Crippen molar-refractivity contribution in [1.29, 1.82) is 0 Å². The van der Waals surface area contributed by atoms with Crippen LogP contribution < -0.4 is 5.36 Å². The number of phenolic OH excluding ortho intramolecular Hbond substituents is 1. The van der Waals surface area contributed by atoms with Crippen LogP contribution in [0.2, 0.25) is 0 Å². The first-order valence-corrected chi connectivity index (χ1v) is 9.72. The highest BCUT2D eigenvalue weighted by Crippen LogP contribution is 2.30. The number of aromatic nitrogens is 1. The first-order valence-electron chi connectivity index (χ1n) is 8.90. The summed E-state index contributed by atoms with van der Waals surface area (Å²) < 4.78 is 7.18. The Morgan fingerprint density at radius 2 is 1.82 bits per heavy atom. The molecule has 2 heterocycles. The molecule has 0 fully saturated rings. The van der Waals surface area contributed by atoms with E-state index in [9.17, 15) is 5.11 Å². The van der Waals surface area contributed by atoms with Crippen molar-refractivity contribution < 1.29 is 9.52 Å². The molecule has 3 aromatic carbocycles. The van der Waals surface area contributed by atoms with Crippen LogP contribution in [0.5, 0.6) is 5.75 Å². The van der Waals surface area contributed by atoms with Crippen molar-refractivity contribution >= 4 is 37.7 Å². The number of aryl methyl sites for hydroxylation is 1. The third-order valence-corrected chi connectivity index (χ3v) is 5.53. The molecule has 0 atom stereocenters. The van der Waals surface area contributed by atoms with Gasteiger partial charge in [-0.2, -0.15) is 0 Å². The Labute approximate surface area is 165 Å². The van der Waals surface area contributed by atoms with E-state index in [0.29, 0.717) is 16.1 Å². The second-order valence-electron chi connectivity index (χ2n) is 6.57. The molecule has 0 unspecified atom stereocenters. The van der Waals surface area contributed by atoms with E-state index in [-0.39, 0.29) is 5.75 Å². The van der Waals surface area contributed by atoms with E-state index in [1.165, 1.54) is 0 Å². The molecule has 0 saturated heterocycles. The van der Waals surface area contributed by atoms with Crippen molar-refractivity contribution in [2.45, 2.75) is 6.92 Å². The van der Waals surface area contributed by atoms with Crippen molar-refractivity contribution in [3.8, 4) is 17.1 Å². The summed E-state index contributed by atoms with van der Waals surface area (Å²) in [5.41, 5.74) is 3.73. The van der Waals surface area contributed by atoms with Crippen LogP contribution in [-0.2, 0) is 0 Å². The topological polar surface area (TPSA) is 58.6 Å². The van der Waals surface area contributed by atoms with Gasteiger partial charge >= 0.3 is 0 Å². The Hall–Kier alpha value is -3.44. The molecule has 2 aromatic heterocycles. The summed E-state index contributed by atoms with van der Waals surface area (Å²) in [6.07, 6.45) is 0. The molecular weight excluding hydrogens is 368 g/mol. The van der Waals surface area contributed by atoms with Gasteiger partial charge in [-0.15, -0.1) is 0 Å². The van der Waals surface area contributed by atoms with Gasteiger partial charge in [0.2, 0.25) is 5.13 Å². The van der Waals surface area contributed by atoms with E-state index in [1.807, 2.05) is 55.5 Å². The monoisotopic (exact) mass is 384 g/mol. The molecule has 0 spiro atoms. The number of para-hydroxylation sites is 1. The van der Waals surface area contributed by atoms with Crippen LogP contribution in [0, 0.1) is 6.92 Å². The lowest BCUT2D eigenvalue weighted by molar-refractivity contribution is 0.475. The molecule has 136 valence electrons. The standard InChI is InChI=1S/C23H16N2O2S/c1-14-6-5-9-21-22(14)25-23(28-21)24-18-13-20(15-7-3-2-4-8-15)27-19-11-10-16(26)12-17(18)19/h2-13,26H,1H3. The van der Waals surface area contributed by atoms with Gasteiger partial charge in [0.15, 0.2) is 0 Å². The average molecular weight is 384 g/mol. The van der Waals surface area contributed by atoms with Crippen LogP contribution in [-0.4, -0.2) is 10.1 Å². The number of thiazole rings is 1. The normalized spacial score (nSPS) is 12.1. The third kappa shape index (κ3) is 2.96. The fourth-order valence-corrected chi connectivity index (χ4v) is 4.15. The average Bonchev–Trinajstić information content (AvgIpc) is 3.13. The first-order chi connectivity index (χ1) is 13.7. The summed E-state index contributed by atoms with van der Waals surface area (Å²) in [5, 5.41) is 12.1. The molecule has 0 bridgehead atoms. The molecule has 28 heavy (non-hydrogen) atoms. The molecular formula is C23H16N2O2S. The second kappa shape index (κ2) is 6.62. The molecule has 0 aliphatic carbocycles. The number of phenols is 1. The lowest BCUT2D eigenvalue weighted by Crippen LogP contribution is -2.03. The maximum absolute atomic E-state index is 9.96. The molecule has 5 rings (SSSR count). The maximum atomic E-state index is 9.96. The maximum Gasteiger partial charge on any atom is 0.210 e. The summed E-state index contributed by atoms with van der Waals surface area (Å²) in [6.45, 7) is 2.05. The minimum atomic E-state index is 0.173. The predicted molar refractivity (Wildman–Crippen MR) is 113 cm³/mol. The molecule has 1 N–H and O–H groups in total. The Morgan fingerprint density at radius 3 is 2.64 bits per heavy atom. The molecule has 4 nitrogen and oxygen atoms in total. The highest BCUT2D eigenvalue weighted by atomic mass is 32.1. The van der Waals surface area contributed by atoms with Gasteiger partial charge in [0.25, 0.3) is 0 Å². The zero-order valence-corrected chi connectivity index (χ0v) is 15.9. The Balaban J connectivity index is 1.79. The Kier molecular flexibility index (Phi) is 3.95. The number of hydrogen-bond acceptors (Lipinski definition) is 5. The van der Waals surface area contributed by atoms with Gasteiger partial charge in [-0.3, -0.25) is 0 Å². The quantitative estimate of drug-likeness (QED) is 0.409. The first kappa shape index (κ1) is 16.7. The molecule has 5 heteroatoms. The number of benzene rings is 3. The molecule has 0 radical (unpaired) electrons. The van der Waals surface area contributed by atoms with Crippen LogP contribution in [0.25, 0.3) is 32.5 Å². The van der Waals surface area contributed by atoms with Gasteiger partial charge < -0.3 is 9.52 Å².